The summed E-state index contributed by atoms with van der Waals surface area (Å²) in [6.07, 6.45) is 1.72. The molecule has 0 unspecified atom stereocenters. The lowest BCUT2D eigenvalue weighted by molar-refractivity contribution is 0.380. The second-order valence-corrected chi connectivity index (χ2v) is 5.71. The zero-order chi connectivity index (χ0) is 14.0. The van der Waals surface area contributed by atoms with Crippen LogP contribution in [0.4, 0.5) is 0 Å². The summed E-state index contributed by atoms with van der Waals surface area (Å²) >= 11 is 0. The molecule has 0 fully saturated rings. The first kappa shape index (κ1) is 13.5. The van der Waals surface area contributed by atoms with Crippen LogP contribution in [0.2, 0.25) is 0 Å². The van der Waals surface area contributed by atoms with E-state index in [1.807, 2.05) is 6.07 Å². The van der Waals surface area contributed by atoms with E-state index in [9.17, 15) is 0 Å². The lowest BCUT2D eigenvalue weighted by Gasteiger charge is -2.20. The van der Waals surface area contributed by atoms with Gasteiger partial charge in [0.1, 0.15) is 0 Å². The first-order valence-corrected chi connectivity index (χ1v) is 6.40. The van der Waals surface area contributed by atoms with Gasteiger partial charge in [0.2, 0.25) is 0 Å². The molecule has 0 amide bonds. The number of aromatic nitrogens is 2. The molecule has 2 rings (SSSR count). The Labute approximate surface area is 114 Å². The summed E-state index contributed by atoms with van der Waals surface area (Å²) in [5.41, 5.74) is 4.72. The van der Waals surface area contributed by atoms with Crippen molar-refractivity contribution in [3.63, 3.8) is 0 Å². The molecule has 0 aliphatic heterocycles. The topological polar surface area (TPSA) is 35.0 Å². The summed E-state index contributed by atoms with van der Waals surface area (Å²) in [6.45, 7) is 8.76. The summed E-state index contributed by atoms with van der Waals surface area (Å²) in [6, 6.07) is 8.82. The van der Waals surface area contributed by atoms with E-state index in [1.165, 1.54) is 11.1 Å². The molecular formula is C16H20N2O. The van der Waals surface area contributed by atoms with Gasteiger partial charge < -0.3 is 4.74 Å². The first-order valence-electron chi connectivity index (χ1n) is 6.40. The van der Waals surface area contributed by atoms with E-state index in [2.05, 4.69) is 55.9 Å². The van der Waals surface area contributed by atoms with Gasteiger partial charge in [-0.3, -0.25) is 0 Å². The van der Waals surface area contributed by atoms with Crippen LogP contribution in [0.15, 0.2) is 30.5 Å². The number of benzene rings is 1. The number of ether oxygens (including phenoxy) is 1. The maximum absolute atomic E-state index is 5.07. The van der Waals surface area contributed by atoms with Crippen molar-refractivity contribution in [1.82, 2.24) is 9.97 Å². The molecule has 0 N–H and O–H groups in total. The molecule has 100 valence electrons. The van der Waals surface area contributed by atoms with Crippen molar-refractivity contribution < 1.29 is 4.74 Å². The van der Waals surface area contributed by atoms with Crippen LogP contribution in [-0.4, -0.2) is 17.1 Å². The Morgan fingerprint density at radius 2 is 1.84 bits per heavy atom. The van der Waals surface area contributed by atoms with Crippen molar-refractivity contribution in [1.29, 1.82) is 0 Å². The van der Waals surface area contributed by atoms with Gasteiger partial charge in [-0.15, -0.1) is 0 Å². The van der Waals surface area contributed by atoms with Gasteiger partial charge in [-0.25, -0.2) is 4.98 Å². The third kappa shape index (κ3) is 2.92. The number of methoxy groups -OCH3 is 1. The molecule has 1 aromatic heterocycles. The second-order valence-electron chi connectivity index (χ2n) is 5.71. The Kier molecular flexibility index (Phi) is 3.56. The summed E-state index contributed by atoms with van der Waals surface area (Å²) < 4.78 is 5.07. The lowest BCUT2D eigenvalue weighted by Crippen LogP contribution is -2.11. The van der Waals surface area contributed by atoms with E-state index in [-0.39, 0.29) is 5.41 Å². The summed E-state index contributed by atoms with van der Waals surface area (Å²) in [7, 11) is 1.58. The fourth-order valence-corrected chi connectivity index (χ4v) is 2.01. The van der Waals surface area contributed by atoms with Crippen molar-refractivity contribution in [3.8, 4) is 17.3 Å². The molecule has 0 aliphatic carbocycles. The molecule has 0 saturated carbocycles. The molecule has 19 heavy (non-hydrogen) atoms. The third-order valence-corrected chi connectivity index (χ3v) is 3.18. The Morgan fingerprint density at radius 3 is 2.42 bits per heavy atom. The van der Waals surface area contributed by atoms with Crippen LogP contribution < -0.4 is 4.74 Å². The van der Waals surface area contributed by atoms with Crippen LogP contribution in [0.1, 0.15) is 31.9 Å². The van der Waals surface area contributed by atoms with Crippen LogP contribution in [-0.2, 0) is 5.41 Å². The Hall–Kier alpha value is -1.90. The summed E-state index contributed by atoms with van der Waals surface area (Å²) in [5.74, 6) is 0. The average molecular weight is 256 g/mol. The predicted molar refractivity (Wildman–Crippen MR) is 77.5 cm³/mol. The molecular weight excluding hydrogens is 236 g/mol. The van der Waals surface area contributed by atoms with E-state index in [4.69, 9.17) is 4.74 Å². The van der Waals surface area contributed by atoms with E-state index in [1.54, 1.807) is 13.3 Å². The minimum atomic E-state index is 0.159. The highest BCUT2D eigenvalue weighted by Crippen LogP contribution is 2.28. The van der Waals surface area contributed by atoms with Crippen molar-refractivity contribution in [3.05, 3.63) is 41.6 Å². The molecule has 0 radical (unpaired) electrons. The molecule has 3 nitrogen and oxygen atoms in total. The van der Waals surface area contributed by atoms with E-state index in [0.29, 0.717) is 6.01 Å². The minimum Gasteiger partial charge on any atom is -0.467 e. The smallest absolute Gasteiger partial charge is 0.316 e. The molecule has 0 saturated heterocycles. The van der Waals surface area contributed by atoms with Crippen LogP contribution >= 0.6 is 0 Å². The average Bonchev–Trinajstić information content (AvgIpc) is 2.37. The maximum atomic E-state index is 5.07. The van der Waals surface area contributed by atoms with Crippen molar-refractivity contribution >= 4 is 0 Å². The number of nitrogens with zero attached hydrogens (tertiary/aromatic N) is 2. The number of rotatable bonds is 2. The van der Waals surface area contributed by atoms with E-state index >= 15 is 0 Å². The largest absolute Gasteiger partial charge is 0.467 e. The molecule has 0 aliphatic rings. The lowest BCUT2D eigenvalue weighted by atomic mass is 9.85. The molecule has 3 heteroatoms. The van der Waals surface area contributed by atoms with Gasteiger partial charge in [0.05, 0.1) is 12.8 Å². The zero-order valence-electron chi connectivity index (χ0n) is 12.2. The molecule has 0 bridgehead atoms. The fraction of sp³-hybridized carbons (Fsp3) is 0.375. The van der Waals surface area contributed by atoms with Gasteiger partial charge in [0.25, 0.3) is 0 Å². The number of hydrogen-bond donors (Lipinski definition) is 0. The van der Waals surface area contributed by atoms with Gasteiger partial charge in [-0.05, 0) is 29.5 Å². The van der Waals surface area contributed by atoms with Crippen LogP contribution in [0.3, 0.4) is 0 Å². The van der Waals surface area contributed by atoms with Crippen molar-refractivity contribution in [2.45, 2.75) is 33.1 Å². The van der Waals surface area contributed by atoms with Gasteiger partial charge in [0, 0.05) is 11.8 Å². The highest BCUT2D eigenvalue weighted by molar-refractivity contribution is 5.64. The molecule has 2 aromatic rings. The zero-order valence-corrected chi connectivity index (χ0v) is 12.2. The molecule has 1 heterocycles. The van der Waals surface area contributed by atoms with Gasteiger partial charge in [-0.2, -0.15) is 4.98 Å². The summed E-state index contributed by atoms with van der Waals surface area (Å²) in [4.78, 5) is 8.42. The Balaban J connectivity index is 2.46. The van der Waals surface area contributed by atoms with E-state index in [0.717, 1.165) is 11.3 Å². The van der Waals surface area contributed by atoms with Crippen molar-refractivity contribution in [2.24, 2.45) is 0 Å². The monoisotopic (exact) mass is 256 g/mol. The standard InChI is InChI=1S/C16H20N2O/c1-11-10-12(16(2,3)4)6-7-13(11)14-8-9-17-15(18-14)19-5/h6-10H,1-5H3. The maximum Gasteiger partial charge on any atom is 0.316 e. The number of aryl methyl sites for hydroxylation is 1. The second kappa shape index (κ2) is 5.00. The third-order valence-electron chi connectivity index (χ3n) is 3.18. The van der Waals surface area contributed by atoms with Gasteiger partial charge in [-0.1, -0.05) is 39.0 Å². The normalized spacial score (nSPS) is 11.4. The van der Waals surface area contributed by atoms with Crippen molar-refractivity contribution in [2.75, 3.05) is 7.11 Å². The number of hydrogen-bond acceptors (Lipinski definition) is 3. The predicted octanol–water partition coefficient (Wildman–Crippen LogP) is 3.76. The quantitative estimate of drug-likeness (QED) is 0.820. The molecule has 0 atom stereocenters. The van der Waals surface area contributed by atoms with Crippen LogP contribution in [0.25, 0.3) is 11.3 Å². The Bertz CT molecular complexity index is 586. The molecule has 1 aromatic carbocycles. The summed E-state index contributed by atoms with van der Waals surface area (Å²) in [5, 5.41) is 0. The SMILES string of the molecule is COc1nccc(-c2ccc(C(C)(C)C)cc2C)n1. The van der Waals surface area contributed by atoms with Gasteiger partial charge in [0.15, 0.2) is 0 Å². The van der Waals surface area contributed by atoms with E-state index < -0.39 is 0 Å². The Morgan fingerprint density at radius 1 is 1.11 bits per heavy atom. The highest BCUT2D eigenvalue weighted by Gasteiger charge is 2.15. The first-order chi connectivity index (χ1) is 8.91. The fourth-order valence-electron chi connectivity index (χ4n) is 2.01. The molecule has 0 spiro atoms. The van der Waals surface area contributed by atoms with Crippen LogP contribution in [0, 0.1) is 6.92 Å². The minimum absolute atomic E-state index is 0.159. The van der Waals surface area contributed by atoms with Gasteiger partial charge >= 0.3 is 6.01 Å². The van der Waals surface area contributed by atoms with Crippen LogP contribution in [0.5, 0.6) is 6.01 Å². The highest BCUT2D eigenvalue weighted by atomic mass is 16.5.